The summed E-state index contributed by atoms with van der Waals surface area (Å²) in [7, 11) is 0.407. The van der Waals surface area contributed by atoms with Crippen molar-refractivity contribution in [2.75, 3.05) is 51.8 Å². The highest BCUT2D eigenvalue weighted by molar-refractivity contribution is 7.89. The Bertz CT molecular complexity index is 966. The van der Waals surface area contributed by atoms with Crippen molar-refractivity contribution in [3.05, 3.63) is 58.7 Å². The predicted octanol–water partition coefficient (Wildman–Crippen LogP) is 3.03. The van der Waals surface area contributed by atoms with E-state index in [1.165, 1.54) is 0 Å². The summed E-state index contributed by atoms with van der Waals surface area (Å²) in [6.07, 6.45) is 0. The van der Waals surface area contributed by atoms with Crippen molar-refractivity contribution >= 4 is 15.7 Å². The third-order valence-corrected chi connectivity index (χ3v) is 7.39. The quantitative estimate of drug-likeness (QED) is 0.730. The number of morpholine rings is 1. The van der Waals surface area contributed by atoms with E-state index in [1.807, 2.05) is 40.9 Å². The number of sulfonamides is 1. The molecule has 0 aliphatic carbocycles. The van der Waals surface area contributed by atoms with E-state index >= 15 is 0 Å². The van der Waals surface area contributed by atoms with Crippen molar-refractivity contribution in [2.45, 2.75) is 31.7 Å². The van der Waals surface area contributed by atoms with Gasteiger partial charge in [-0.15, -0.1) is 0 Å². The van der Waals surface area contributed by atoms with E-state index in [0.29, 0.717) is 24.7 Å². The molecule has 6 nitrogen and oxygen atoms in total. The van der Waals surface area contributed by atoms with Crippen LogP contribution in [0.25, 0.3) is 0 Å². The summed E-state index contributed by atoms with van der Waals surface area (Å²) in [5.41, 5.74) is 5.06. The molecule has 2 aromatic carbocycles. The van der Waals surface area contributed by atoms with E-state index in [2.05, 4.69) is 38.8 Å². The SMILES string of the molecule is Cc1cc(C)c(S(=O)(=O)NC[C@H](c2ccc(N(C)C)cc2)N2CCOCC2)cc1C. The van der Waals surface area contributed by atoms with E-state index in [4.69, 9.17) is 4.74 Å². The second-order valence-corrected chi connectivity index (χ2v) is 9.94. The van der Waals surface area contributed by atoms with Crippen LogP contribution in [0.5, 0.6) is 0 Å². The van der Waals surface area contributed by atoms with E-state index < -0.39 is 10.0 Å². The molecule has 1 aliphatic rings. The minimum Gasteiger partial charge on any atom is -0.379 e. The fourth-order valence-electron chi connectivity index (χ4n) is 3.83. The van der Waals surface area contributed by atoms with Gasteiger partial charge in [-0.05, 0) is 61.2 Å². The topological polar surface area (TPSA) is 61.9 Å². The summed E-state index contributed by atoms with van der Waals surface area (Å²) in [6.45, 7) is 8.99. The average Bonchev–Trinajstić information content (AvgIpc) is 2.72. The molecule has 0 saturated carbocycles. The molecule has 1 saturated heterocycles. The molecule has 164 valence electrons. The maximum absolute atomic E-state index is 13.1. The molecule has 7 heteroatoms. The van der Waals surface area contributed by atoms with Crippen molar-refractivity contribution in [3.63, 3.8) is 0 Å². The van der Waals surface area contributed by atoms with Gasteiger partial charge in [0.05, 0.1) is 18.1 Å². The largest absolute Gasteiger partial charge is 0.379 e. The number of ether oxygens (including phenoxy) is 1. The van der Waals surface area contributed by atoms with Crippen LogP contribution in [0.3, 0.4) is 0 Å². The lowest BCUT2D eigenvalue weighted by molar-refractivity contribution is 0.0172. The van der Waals surface area contributed by atoms with Crippen molar-refractivity contribution in [1.82, 2.24) is 9.62 Å². The maximum Gasteiger partial charge on any atom is 0.240 e. The summed E-state index contributed by atoms with van der Waals surface area (Å²) in [6, 6.07) is 12.0. The molecule has 1 atom stereocenters. The fraction of sp³-hybridized carbons (Fsp3) is 0.478. The third kappa shape index (κ3) is 5.21. The van der Waals surface area contributed by atoms with E-state index in [0.717, 1.165) is 41.0 Å². The van der Waals surface area contributed by atoms with Gasteiger partial charge in [0.1, 0.15) is 0 Å². The number of hydrogen-bond acceptors (Lipinski definition) is 5. The minimum atomic E-state index is -3.61. The van der Waals surface area contributed by atoms with Crippen LogP contribution in [-0.2, 0) is 14.8 Å². The Hall–Kier alpha value is -1.93. The molecule has 1 fully saturated rings. The van der Waals surface area contributed by atoms with E-state index in [9.17, 15) is 8.42 Å². The summed E-state index contributed by atoms with van der Waals surface area (Å²) in [4.78, 5) is 4.71. The Morgan fingerprint density at radius 2 is 1.60 bits per heavy atom. The van der Waals surface area contributed by atoms with Crippen LogP contribution in [0.2, 0.25) is 0 Å². The zero-order valence-electron chi connectivity index (χ0n) is 18.6. The first kappa shape index (κ1) is 22.7. The molecular formula is C23H33N3O3S. The zero-order valence-corrected chi connectivity index (χ0v) is 19.4. The van der Waals surface area contributed by atoms with Gasteiger partial charge in [0.15, 0.2) is 0 Å². The lowest BCUT2D eigenvalue weighted by Gasteiger charge is -2.35. The third-order valence-electron chi connectivity index (χ3n) is 5.83. The van der Waals surface area contributed by atoms with Crippen molar-refractivity contribution < 1.29 is 13.2 Å². The number of nitrogens with one attached hydrogen (secondary N) is 1. The highest BCUT2D eigenvalue weighted by Gasteiger charge is 2.26. The first-order valence-corrected chi connectivity index (χ1v) is 11.8. The van der Waals surface area contributed by atoms with Gasteiger partial charge in [-0.1, -0.05) is 18.2 Å². The lowest BCUT2D eigenvalue weighted by Crippen LogP contribution is -2.43. The predicted molar refractivity (Wildman–Crippen MR) is 122 cm³/mol. The van der Waals surface area contributed by atoms with Gasteiger partial charge in [-0.2, -0.15) is 0 Å². The number of anilines is 1. The number of nitrogens with zero attached hydrogens (tertiary/aromatic N) is 2. The van der Waals surface area contributed by atoms with Gasteiger partial charge in [-0.25, -0.2) is 13.1 Å². The van der Waals surface area contributed by atoms with Crippen LogP contribution >= 0.6 is 0 Å². The van der Waals surface area contributed by atoms with Gasteiger partial charge in [0.25, 0.3) is 0 Å². The minimum absolute atomic E-state index is 0.0493. The molecule has 30 heavy (non-hydrogen) atoms. The average molecular weight is 432 g/mol. The molecule has 0 spiro atoms. The standard InChI is InChI=1S/C23H33N3O3S/c1-17-14-19(3)23(15-18(17)2)30(27,28)24-16-22(26-10-12-29-13-11-26)20-6-8-21(9-7-20)25(4)5/h6-9,14-15,22,24H,10-13,16H2,1-5H3/t22-/m1/s1. The normalized spacial score (nSPS) is 16.4. The Morgan fingerprint density at radius 1 is 1.00 bits per heavy atom. The number of aryl methyl sites for hydroxylation is 3. The summed E-state index contributed by atoms with van der Waals surface area (Å²) < 4.78 is 34.6. The second kappa shape index (κ2) is 9.47. The molecule has 0 unspecified atom stereocenters. The van der Waals surface area contributed by atoms with E-state index in [1.54, 1.807) is 6.07 Å². The second-order valence-electron chi connectivity index (χ2n) is 8.20. The number of rotatable bonds is 7. The first-order valence-electron chi connectivity index (χ1n) is 10.4. The van der Waals surface area contributed by atoms with Gasteiger partial charge in [-0.3, -0.25) is 4.90 Å². The van der Waals surface area contributed by atoms with Crippen LogP contribution in [0, 0.1) is 20.8 Å². The molecule has 3 rings (SSSR count). The molecule has 2 aromatic rings. The molecule has 1 N–H and O–H groups in total. The van der Waals surface area contributed by atoms with Crippen molar-refractivity contribution in [3.8, 4) is 0 Å². The number of benzene rings is 2. The van der Waals surface area contributed by atoms with Crippen molar-refractivity contribution in [2.24, 2.45) is 0 Å². The molecule has 0 amide bonds. The Morgan fingerprint density at radius 3 is 2.20 bits per heavy atom. The highest BCUT2D eigenvalue weighted by atomic mass is 32.2. The fourth-order valence-corrected chi connectivity index (χ4v) is 5.18. The summed E-state index contributed by atoms with van der Waals surface area (Å²) >= 11 is 0. The van der Waals surface area contributed by atoms with Crippen LogP contribution in [-0.4, -0.2) is 60.3 Å². The highest BCUT2D eigenvalue weighted by Crippen LogP contribution is 2.25. The van der Waals surface area contributed by atoms with Gasteiger partial charge in [0.2, 0.25) is 10.0 Å². The summed E-state index contributed by atoms with van der Waals surface area (Å²) in [5, 5.41) is 0. The first-order chi connectivity index (χ1) is 14.2. The molecule has 1 aliphatic heterocycles. The van der Waals surface area contributed by atoms with Crippen LogP contribution in [0.1, 0.15) is 28.3 Å². The van der Waals surface area contributed by atoms with Crippen molar-refractivity contribution in [1.29, 1.82) is 0 Å². The Labute approximate surface area is 180 Å². The Balaban J connectivity index is 1.85. The van der Waals surface area contributed by atoms with E-state index in [-0.39, 0.29) is 6.04 Å². The van der Waals surface area contributed by atoms with Crippen LogP contribution < -0.4 is 9.62 Å². The summed E-state index contributed by atoms with van der Waals surface area (Å²) in [5.74, 6) is 0. The van der Waals surface area contributed by atoms with Gasteiger partial charge in [0, 0.05) is 45.5 Å². The lowest BCUT2D eigenvalue weighted by atomic mass is 10.0. The molecule has 0 aromatic heterocycles. The molecule has 1 heterocycles. The zero-order chi connectivity index (χ0) is 21.9. The molecule has 0 radical (unpaired) electrons. The number of hydrogen-bond donors (Lipinski definition) is 1. The molecule has 0 bridgehead atoms. The Kier molecular flexibility index (Phi) is 7.18. The molecular weight excluding hydrogens is 398 g/mol. The monoisotopic (exact) mass is 431 g/mol. The van der Waals surface area contributed by atoms with Gasteiger partial charge < -0.3 is 9.64 Å². The maximum atomic E-state index is 13.1. The smallest absolute Gasteiger partial charge is 0.240 e. The van der Waals surface area contributed by atoms with Crippen LogP contribution in [0.15, 0.2) is 41.3 Å². The van der Waals surface area contributed by atoms with Crippen LogP contribution in [0.4, 0.5) is 5.69 Å². The van der Waals surface area contributed by atoms with Gasteiger partial charge >= 0.3 is 0 Å².